The summed E-state index contributed by atoms with van der Waals surface area (Å²) in [6.45, 7) is 0. The largest absolute Gasteiger partial charge is 0.248 e. The average Bonchev–Trinajstić information content (AvgIpc) is 3.32. The number of benzene rings is 8. The topological polar surface area (TPSA) is 25.8 Å². The van der Waals surface area contributed by atoms with Gasteiger partial charge in [-0.3, -0.25) is 0 Å². The van der Waals surface area contributed by atoms with Gasteiger partial charge in [0.15, 0.2) is 0 Å². The maximum Gasteiger partial charge on any atom is 0.0715 e. The number of fused-ring (bicyclic) bond motifs is 1. The summed E-state index contributed by atoms with van der Waals surface area (Å²) in [4.78, 5) is 10.3. The molecule has 0 spiro atoms. The van der Waals surface area contributed by atoms with Gasteiger partial charge in [0.2, 0.25) is 0 Å². The third-order valence-electron chi connectivity index (χ3n) is 10.8. The standard InChI is InChI=1S/C56H38N2/c1-5-17-39(18-6-1)52-35-48(36-53(57-52)40-19-7-2-8-20-40)44-27-13-29-46(33-44)50-31-15-25-43-26-16-32-51(56(43)50)47-30-14-28-45(34-47)49-37-54(41-21-9-3-10-22-41)58-55(38-49)42-23-11-4-12-24-42/h1-38H. The lowest BCUT2D eigenvalue weighted by Gasteiger charge is -2.15. The highest BCUT2D eigenvalue weighted by molar-refractivity contribution is 6.07. The lowest BCUT2D eigenvalue weighted by Crippen LogP contribution is -1.92. The van der Waals surface area contributed by atoms with Crippen LogP contribution in [0.3, 0.4) is 0 Å². The van der Waals surface area contributed by atoms with Crippen LogP contribution in [0.15, 0.2) is 231 Å². The Kier molecular flexibility index (Phi) is 9.27. The molecule has 2 heterocycles. The molecule has 2 heteroatoms. The summed E-state index contributed by atoms with van der Waals surface area (Å²) >= 11 is 0. The molecule has 0 aliphatic heterocycles. The minimum Gasteiger partial charge on any atom is -0.248 e. The lowest BCUT2D eigenvalue weighted by atomic mass is 9.89. The molecule has 0 radical (unpaired) electrons. The molecule has 0 amide bonds. The van der Waals surface area contributed by atoms with Crippen molar-refractivity contribution < 1.29 is 0 Å². The molecule has 2 aromatic heterocycles. The minimum atomic E-state index is 0.954. The Labute approximate surface area is 339 Å². The molecule has 8 aromatic carbocycles. The fraction of sp³-hybridized carbons (Fsp3) is 0. The second kappa shape index (κ2) is 15.5. The molecule has 0 atom stereocenters. The first-order valence-electron chi connectivity index (χ1n) is 19.7. The SMILES string of the molecule is c1ccc(-c2cc(-c3cccc(-c4cccc5cccc(-c6cccc(-c7cc(-c8ccccc8)nc(-c8ccccc8)c7)c6)c45)c3)cc(-c3ccccc3)n2)cc1. The Hall–Kier alpha value is -7.68. The number of nitrogens with zero attached hydrogens (tertiary/aromatic N) is 2. The van der Waals surface area contributed by atoms with E-state index >= 15 is 0 Å². The van der Waals surface area contributed by atoms with E-state index in [1.807, 2.05) is 24.3 Å². The van der Waals surface area contributed by atoms with Gasteiger partial charge in [0, 0.05) is 22.3 Å². The zero-order chi connectivity index (χ0) is 38.7. The summed E-state index contributed by atoms with van der Waals surface area (Å²) in [7, 11) is 0. The van der Waals surface area contributed by atoms with Crippen LogP contribution in [0.4, 0.5) is 0 Å². The molecule has 0 unspecified atom stereocenters. The summed E-state index contributed by atoms with van der Waals surface area (Å²) in [5.74, 6) is 0. The van der Waals surface area contributed by atoms with Crippen LogP contribution in [-0.4, -0.2) is 9.97 Å². The van der Waals surface area contributed by atoms with Gasteiger partial charge < -0.3 is 0 Å². The third kappa shape index (κ3) is 7.00. The van der Waals surface area contributed by atoms with Gasteiger partial charge in [0.25, 0.3) is 0 Å². The second-order valence-electron chi connectivity index (χ2n) is 14.6. The molecule has 58 heavy (non-hydrogen) atoms. The van der Waals surface area contributed by atoms with Crippen LogP contribution in [0.25, 0.3) is 100 Å². The highest BCUT2D eigenvalue weighted by Gasteiger charge is 2.15. The van der Waals surface area contributed by atoms with Crippen LogP contribution in [-0.2, 0) is 0 Å². The van der Waals surface area contributed by atoms with E-state index in [9.17, 15) is 0 Å². The zero-order valence-electron chi connectivity index (χ0n) is 31.8. The van der Waals surface area contributed by atoms with Crippen LogP contribution >= 0.6 is 0 Å². The Balaban J connectivity index is 1.09. The molecule has 0 aliphatic carbocycles. The molecule has 0 saturated heterocycles. The summed E-state index contributed by atoms with van der Waals surface area (Å²) in [6.07, 6.45) is 0. The van der Waals surface area contributed by atoms with Gasteiger partial charge in [-0.15, -0.1) is 0 Å². The maximum absolute atomic E-state index is 5.13. The van der Waals surface area contributed by atoms with Gasteiger partial charge in [-0.25, -0.2) is 9.97 Å². The normalized spacial score (nSPS) is 11.1. The number of aromatic nitrogens is 2. The predicted molar refractivity (Wildman–Crippen MR) is 243 cm³/mol. The van der Waals surface area contributed by atoms with E-state index in [1.54, 1.807) is 0 Å². The number of hydrogen-bond donors (Lipinski definition) is 0. The quantitative estimate of drug-likeness (QED) is 0.155. The summed E-state index contributed by atoms with van der Waals surface area (Å²) in [5.41, 5.74) is 17.5. The van der Waals surface area contributed by atoms with E-state index in [-0.39, 0.29) is 0 Å². The third-order valence-corrected chi connectivity index (χ3v) is 10.8. The first-order valence-corrected chi connectivity index (χ1v) is 19.7. The van der Waals surface area contributed by atoms with Crippen molar-refractivity contribution in [2.45, 2.75) is 0 Å². The smallest absolute Gasteiger partial charge is 0.0715 e. The van der Waals surface area contributed by atoms with Crippen molar-refractivity contribution in [3.05, 3.63) is 231 Å². The monoisotopic (exact) mass is 738 g/mol. The van der Waals surface area contributed by atoms with Crippen molar-refractivity contribution >= 4 is 10.8 Å². The number of pyridine rings is 2. The van der Waals surface area contributed by atoms with Crippen molar-refractivity contribution in [1.82, 2.24) is 9.97 Å². The number of rotatable bonds is 8. The molecule has 10 rings (SSSR count). The Bertz CT molecular complexity index is 2710. The first kappa shape index (κ1) is 34.8. The van der Waals surface area contributed by atoms with Gasteiger partial charge in [-0.2, -0.15) is 0 Å². The van der Waals surface area contributed by atoms with E-state index in [1.165, 1.54) is 33.0 Å². The van der Waals surface area contributed by atoms with Crippen molar-refractivity contribution in [1.29, 1.82) is 0 Å². The van der Waals surface area contributed by atoms with Crippen molar-refractivity contribution in [3.63, 3.8) is 0 Å². The zero-order valence-corrected chi connectivity index (χ0v) is 31.8. The molecular formula is C56H38N2. The maximum atomic E-state index is 5.13. The van der Waals surface area contributed by atoms with Crippen LogP contribution in [0.1, 0.15) is 0 Å². The number of hydrogen-bond acceptors (Lipinski definition) is 2. The Morgan fingerprint density at radius 2 is 0.500 bits per heavy atom. The molecule has 272 valence electrons. The average molecular weight is 739 g/mol. The molecule has 2 nitrogen and oxygen atoms in total. The summed E-state index contributed by atoms with van der Waals surface area (Å²) < 4.78 is 0. The van der Waals surface area contributed by atoms with Crippen molar-refractivity contribution in [2.24, 2.45) is 0 Å². The summed E-state index contributed by atoms with van der Waals surface area (Å²) in [5, 5.41) is 2.43. The Morgan fingerprint density at radius 1 is 0.207 bits per heavy atom. The fourth-order valence-electron chi connectivity index (χ4n) is 7.98. The first-order chi connectivity index (χ1) is 28.7. The van der Waals surface area contributed by atoms with Gasteiger partial charge in [-0.05, 0) is 91.7 Å². The predicted octanol–water partition coefficient (Wildman–Crippen LogP) is 15.0. The van der Waals surface area contributed by atoms with Crippen LogP contribution in [0.2, 0.25) is 0 Å². The molecule has 10 aromatic rings. The van der Waals surface area contributed by atoms with E-state index in [4.69, 9.17) is 9.97 Å². The molecule has 0 fully saturated rings. The van der Waals surface area contributed by atoms with Crippen molar-refractivity contribution in [2.75, 3.05) is 0 Å². The minimum absolute atomic E-state index is 0.954. The molecule has 0 N–H and O–H groups in total. The van der Waals surface area contributed by atoms with Crippen LogP contribution < -0.4 is 0 Å². The lowest BCUT2D eigenvalue weighted by molar-refractivity contribution is 1.32. The van der Waals surface area contributed by atoms with Gasteiger partial charge in [0.1, 0.15) is 0 Å². The van der Waals surface area contributed by atoms with E-state index in [0.717, 1.165) is 67.3 Å². The highest BCUT2D eigenvalue weighted by atomic mass is 14.7. The van der Waals surface area contributed by atoms with E-state index in [2.05, 4.69) is 206 Å². The van der Waals surface area contributed by atoms with Gasteiger partial charge in [0.05, 0.1) is 22.8 Å². The molecule has 0 aliphatic rings. The van der Waals surface area contributed by atoms with E-state index in [0.29, 0.717) is 0 Å². The molecule has 0 saturated carbocycles. The molecular weight excluding hydrogens is 701 g/mol. The van der Waals surface area contributed by atoms with Gasteiger partial charge >= 0.3 is 0 Å². The molecule has 0 bridgehead atoms. The van der Waals surface area contributed by atoms with E-state index < -0.39 is 0 Å². The van der Waals surface area contributed by atoms with Crippen molar-refractivity contribution in [3.8, 4) is 89.5 Å². The van der Waals surface area contributed by atoms with Gasteiger partial charge in [-0.1, -0.05) is 194 Å². The second-order valence-corrected chi connectivity index (χ2v) is 14.6. The highest BCUT2D eigenvalue weighted by Crippen LogP contribution is 2.40. The van der Waals surface area contributed by atoms with Crippen LogP contribution in [0, 0.1) is 0 Å². The Morgan fingerprint density at radius 3 is 0.845 bits per heavy atom. The fourth-order valence-corrected chi connectivity index (χ4v) is 7.98. The summed E-state index contributed by atoms with van der Waals surface area (Å²) in [6, 6.07) is 81.8. The van der Waals surface area contributed by atoms with Crippen LogP contribution in [0.5, 0.6) is 0 Å².